The minimum absolute atomic E-state index is 0.249. The topological polar surface area (TPSA) is 20.3 Å². The summed E-state index contributed by atoms with van der Waals surface area (Å²) in [6, 6.07) is 0. The molecule has 1 fully saturated rings. The Morgan fingerprint density at radius 2 is 1.92 bits per heavy atom. The van der Waals surface area contributed by atoms with Crippen molar-refractivity contribution in [2.45, 2.75) is 27.2 Å². The number of ketones is 1. The standard InChI is InChI=1S/C11H19NO/c1-8(7-12(4)5)10(13)9-6-11(9,2)3/h7,9H,6H2,1-5H3/b8-7+. The van der Waals surface area contributed by atoms with E-state index in [-0.39, 0.29) is 11.3 Å². The van der Waals surface area contributed by atoms with Crippen molar-refractivity contribution in [2.24, 2.45) is 11.3 Å². The van der Waals surface area contributed by atoms with Gasteiger partial charge >= 0.3 is 0 Å². The lowest BCUT2D eigenvalue weighted by atomic mass is 10.0. The first-order valence-corrected chi connectivity index (χ1v) is 4.73. The van der Waals surface area contributed by atoms with Crippen LogP contribution in [0.25, 0.3) is 0 Å². The molecule has 74 valence electrons. The predicted molar refractivity (Wildman–Crippen MR) is 54.3 cm³/mol. The number of hydrogen-bond acceptors (Lipinski definition) is 2. The molecular formula is C11H19NO. The summed E-state index contributed by atoms with van der Waals surface area (Å²) in [7, 11) is 3.88. The van der Waals surface area contributed by atoms with Gasteiger partial charge in [-0.2, -0.15) is 0 Å². The van der Waals surface area contributed by atoms with Gasteiger partial charge in [-0.1, -0.05) is 13.8 Å². The van der Waals surface area contributed by atoms with Crippen LogP contribution < -0.4 is 0 Å². The Bertz CT molecular complexity index is 251. The Balaban J connectivity index is 2.60. The second kappa shape index (κ2) is 3.17. The second-order valence-corrected chi connectivity index (χ2v) is 4.89. The molecule has 0 bridgehead atoms. The van der Waals surface area contributed by atoms with Crippen molar-refractivity contribution in [3.05, 3.63) is 11.8 Å². The maximum Gasteiger partial charge on any atom is 0.163 e. The minimum Gasteiger partial charge on any atom is -0.383 e. The normalized spacial score (nSPS) is 25.6. The van der Waals surface area contributed by atoms with Crippen molar-refractivity contribution in [3.63, 3.8) is 0 Å². The number of allylic oxidation sites excluding steroid dienone is 1. The van der Waals surface area contributed by atoms with Crippen LogP contribution in [0, 0.1) is 11.3 Å². The third-order valence-corrected chi connectivity index (χ3v) is 2.67. The van der Waals surface area contributed by atoms with Crippen molar-refractivity contribution in [1.29, 1.82) is 0 Å². The Kier molecular flexibility index (Phi) is 2.51. The fraction of sp³-hybridized carbons (Fsp3) is 0.727. The lowest BCUT2D eigenvalue weighted by molar-refractivity contribution is -0.117. The summed E-state index contributed by atoms with van der Waals surface area (Å²) < 4.78 is 0. The molecule has 0 aromatic carbocycles. The highest BCUT2D eigenvalue weighted by atomic mass is 16.1. The van der Waals surface area contributed by atoms with Crippen molar-refractivity contribution in [1.82, 2.24) is 4.90 Å². The lowest BCUT2D eigenvalue weighted by Gasteiger charge is -2.08. The van der Waals surface area contributed by atoms with Gasteiger partial charge in [0.05, 0.1) is 0 Å². The summed E-state index contributed by atoms with van der Waals surface area (Å²) in [6.07, 6.45) is 2.95. The predicted octanol–water partition coefficient (Wildman–Crippen LogP) is 2.07. The molecule has 1 aliphatic rings. The second-order valence-electron chi connectivity index (χ2n) is 4.89. The van der Waals surface area contributed by atoms with E-state index in [1.54, 1.807) is 0 Å². The summed E-state index contributed by atoms with van der Waals surface area (Å²) in [5.41, 5.74) is 1.12. The highest BCUT2D eigenvalue weighted by Gasteiger charge is 2.50. The van der Waals surface area contributed by atoms with Crippen molar-refractivity contribution in [3.8, 4) is 0 Å². The number of carbonyl (C=O) groups excluding carboxylic acids is 1. The zero-order valence-corrected chi connectivity index (χ0v) is 9.22. The molecule has 1 saturated carbocycles. The van der Waals surface area contributed by atoms with Crippen molar-refractivity contribution >= 4 is 5.78 Å². The molecule has 1 aliphatic carbocycles. The molecule has 0 aromatic rings. The van der Waals surface area contributed by atoms with Crippen LogP contribution >= 0.6 is 0 Å². The van der Waals surface area contributed by atoms with E-state index in [0.29, 0.717) is 5.78 Å². The molecule has 1 unspecified atom stereocenters. The van der Waals surface area contributed by atoms with E-state index in [0.717, 1.165) is 12.0 Å². The molecule has 1 rings (SSSR count). The summed E-state index contributed by atoms with van der Waals surface area (Å²) >= 11 is 0. The van der Waals surface area contributed by atoms with E-state index in [1.807, 2.05) is 32.1 Å². The molecule has 2 heteroatoms. The zero-order chi connectivity index (χ0) is 10.2. The molecule has 0 aliphatic heterocycles. The van der Waals surface area contributed by atoms with E-state index in [4.69, 9.17) is 0 Å². The van der Waals surface area contributed by atoms with Crippen LogP contribution in [-0.2, 0) is 4.79 Å². The van der Waals surface area contributed by atoms with Gasteiger partial charge in [0.25, 0.3) is 0 Å². The summed E-state index contributed by atoms with van der Waals surface area (Å²) in [5.74, 6) is 0.586. The SMILES string of the molecule is C/C(=C\N(C)C)C(=O)C1CC1(C)C. The van der Waals surface area contributed by atoms with Gasteiger partial charge in [0.1, 0.15) is 0 Å². The molecule has 2 nitrogen and oxygen atoms in total. The summed E-state index contributed by atoms with van der Waals surface area (Å²) in [4.78, 5) is 13.7. The fourth-order valence-electron chi connectivity index (χ4n) is 1.64. The monoisotopic (exact) mass is 181 g/mol. The number of nitrogens with zero attached hydrogens (tertiary/aromatic N) is 1. The first-order chi connectivity index (χ1) is 5.84. The largest absolute Gasteiger partial charge is 0.383 e. The van der Waals surface area contributed by atoms with E-state index >= 15 is 0 Å². The van der Waals surface area contributed by atoms with Gasteiger partial charge in [0.15, 0.2) is 5.78 Å². The third-order valence-electron chi connectivity index (χ3n) is 2.67. The maximum absolute atomic E-state index is 11.8. The van der Waals surface area contributed by atoms with Crippen LogP contribution in [0.15, 0.2) is 11.8 Å². The lowest BCUT2D eigenvalue weighted by Crippen LogP contribution is -2.11. The van der Waals surface area contributed by atoms with Gasteiger partial charge in [0, 0.05) is 31.8 Å². The number of hydrogen-bond donors (Lipinski definition) is 0. The molecule has 1 atom stereocenters. The van der Waals surface area contributed by atoms with E-state index < -0.39 is 0 Å². The molecule has 0 spiro atoms. The van der Waals surface area contributed by atoms with Crippen LogP contribution in [0.2, 0.25) is 0 Å². The minimum atomic E-state index is 0.249. The average molecular weight is 181 g/mol. The molecule has 0 radical (unpaired) electrons. The molecule has 0 aromatic heterocycles. The molecule has 0 saturated heterocycles. The first kappa shape index (κ1) is 10.3. The quantitative estimate of drug-likeness (QED) is 0.621. The van der Waals surface area contributed by atoms with Crippen LogP contribution in [-0.4, -0.2) is 24.8 Å². The van der Waals surface area contributed by atoms with E-state index in [2.05, 4.69) is 13.8 Å². The Hall–Kier alpha value is -0.790. The van der Waals surface area contributed by atoms with E-state index in [1.165, 1.54) is 0 Å². The van der Waals surface area contributed by atoms with Gasteiger partial charge in [-0.15, -0.1) is 0 Å². The fourth-order valence-corrected chi connectivity index (χ4v) is 1.64. The Labute approximate surface area is 80.6 Å². The Morgan fingerprint density at radius 1 is 1.46 bits per heavy atom. The van der Waals surface area contributed by atoms with Gasteiger partial charge < -0.3 is 4.90 Å². The Morgan fingerprint density at radius 3 is 2.23 bits per heavy atom. The van der Waals surface area contributed by atoms with Crippen LogP contribution in [0.5, 0.6) is 0 Å². The highest BCUT2D eigenvalue weighted by molar-refractivity contribution is 5.98. The molecule has 13 heavy (non-hydrogen) atoms. The summed E-state index contributed by atoms with van der Waals surface area (Å²) in [6.45, 7) is 6.20. The molecule has 0 amide bonds. The third kappa shape index (κ3) is 2.33. The van der Waals surface area contributed by atoms with Gasteiger partial charge in [-0.05, 0) is 18.8 Å². The van der Waals surface area contributed by atoms with E-state index in [9.17, 15) is 4.79 Å². The average Bonchev–Trinajstić information content (AvgIpc) is 2.57. The summed E-state index contributed by atoms with van der Waals surface area (Å²) in [5, 5.41) is 0. The molecular weight excluding hydrogens is 162 g/mol. The van der Waals surface area contributed by atoms with Gasteiger partial charge in [-0.3, -0.25) is 4.79 Å². The van der Waals surface area contributed by atoms with Gasteiger partial charge in [0.2, 0.25) is 0 Å². The zero-order valence-electron chi connectivity index (χ0n) is 9.22. The van der Waals surface area contributed by atoms with Gasteiger partial charge in [-0.25, -0.2) is 0 Å². The highest BCUT2D eigenvalue weighted by Crippen LogP contribution is 2.52. The molecule has 0 N–H and O–H groups in total. The smallest absolute Gasteiger partial charge is 0.163 e. The van der Waals surface area contributed by atoms with Crippen LogP contribution in [0.1, 0.15) is 27.2 Å². The van der Waals surface area contributed by atoms with Crippen molar-refractivity contribution in [2.75, 3.05) is 14.1 Å². The number of carbonyl (C=O) groups is 1. The van der Waals surface area contributed by atoms with Crippen LogP contribution in [0.3, 0.4) is 0 Å². The maximum atomic E-state index is 11.8. The number of rotatable bonds is 3. The first-order valence-electron chi connectivity index (χ1n) is 4.73. The molecule has 0 heterocycles. The van der Waals surface area contributed by atoms with Crippen LogP contribution in [0.4, 0.5) is 0 Å². The number of Topliss-reactive ketones (excluding diaryl/α,β-unsaturated/α-hetero) is 1. The van der Waals surface area contributed by atoms with Crippen molar-refractivity contribution < 1.29 is 4.79 Å².